The molecule has 2 nitrogen and oxygen atoms in total. The van der Waals surface area contributed by atoms with E-state index in [-0.39, 0.29) is 0 Å². The van der Waals surface area contributed by atoms with Crippen LogP contribution in [-0.2, 0) is 10.9 Å². The van der Waals surface area contributed by atoms with Crippen molar-refractivity contribution in [2.45, 2.75) is 50.4 Å². The Balaban J connectivity index is 2.31. The van der Waals surface area contributed by atoms with E-state index in [9.17, 15) is 17.6 Å². The predicted molar refractivity (Wildman–Crippen MR) is 71.2 cm³/mol. The predicted octanol–water partition coefficient (Wildman–Crippen LogP) is 4.19. The molecule has 0 aliphatic heterocycles. The average Bonchev–Trinajstić information content (AvgIpc) is 2.86. The summed E-state index contributed by atoms with van der Waals surface area (Å²) in [5.41, 5.74) is 4.66. The first kappa shape index (κ1) is 16.2. The molecule has 0 spiro atoms. The molecule has 1 saturated carbocycles. The van der Waals surface area contributed by atoms with Crippen molar-refractivity contribution in [1.82, 2.24) is 0 Å². The van der Waals surface area contributed by atoms with Crippen LogP contribution in [0.3, 0.4) is 0 Å². The first-order chi connectivity index (χ1) is 9.80. The van der Waals surface area contributed by atoms with Gasteiger partial charge in [0, 0.05) is 6.61 Å². The van der Waals surface area contributed by atoms with E-state index >= 15 is 0 Å². The van der Waals surface area contributed by atoms with Crippen LogP contribution in [0.4, 0.5) is 17.6 Å². The highest BCUT2D eigenvalue weighted by molar-refractivity contribution is 5.30. The molecule has 0 aromatic heterocycles. The lowest BCUT2D eigenvalue weighted by molar-refractivity contribution is -0.140. The maximum absolute atomic E-state index is 13.7. The highest BCUT2D eigenvalue weighted by Crippen LogP contribution is 2.42. The molecule has 1 aromatic rings. The summed E-state index contributed by atoms with van der Waals surface area (Å²) in [5, 5.41) is 0. The molecule has 0 amide bonds. The van der Waals surface area contributed by atoms with Gasteiger partial charge in [-0.15, -0.1) is 0 Å². The summed E-state index contributed by atoms with van der Waals surface area (Å²) in [6.45, 7) is 2.32. The van der Waals surface area contributed by atoms with Crippen molar-refractivity contribution in [3.8, 4) is 0 Å². The molecular formula is C15H19F4NO. The molecule has 1 fully saturated rings. The monoisotopic (exact) mass is 305 g/mol. The Morgan fingerprint density at radius 1 is 1.29 bits per heavy atom. The summed E-state index contributed by atoms with van der Waals surface area (Å²) in [7, 11) is 0. The van der Waals surface area contributed by atoms with Gasteiger partial charge >= 0.3 is 6.18 Å². The molecule has 1 aliphatic rings. The quantitative estimate of drug-likeness (QED) is 0.846. The second kappa shape index (κ2) is 5.93. The number of rotatable bonds is 4. The Morgan fingerprint density at radius 2 is 1.90 bits per heavy atom. The lowest BCUT2D eigenvalue weighted by atomic mass is 9.87. The van der Waals surface area contributed by atoms with Gasteiger partial charge in [0.25, 0.3) is 0 Å². The van der Waals surface area contributed by atoms with E-state index in [0.717, 1.165) is 37.8 Å². The number of alkyl halides is 3. The molecule has 21 heavy (non-hydrogen) atoms. The van der Waals surface area contributed by atoms with E-state index in [1.807, 2.05) is 6.92 Å². The maximum Gasteiger partial charge on any atom is 0.419 e. The zero-order valence-corrected chi connectivity index (χ0v) is 11.8. The molecule has 1 atom stereocenters. The minimum Gasteiger partial charge on any atom is -0.373 e. The van der Waals surface area contributed by atoms with Crippen LogP contribution in [-0.4, -0.2) is 12.2 Å². The smallest absolute Gasteiger partial charge is 0.373 e. The van der Waals surface area contributed by atoms with Gasteiger partial charge in [-0.2, -0.15) is 13.2 Å². The topological polar surface area (TPSA) is 35.2 Å². The van der Waals surface area contributed by atoms with E-state index in [4.69, 9.17) is 10.5 Å². The molecule has 0 heterocycles. The molecule has 0 bridgehead atoms. The van der Waals surface area contributed by atoms with Crippen LogP contribution in [0.2, 0.25) is 0 Å². The molecule has 6 heteroatoms. The third kappa shape index (κ3) is 3.21. The fourth-order valence-electron chi connectivity index (χ4n) is 3.06. The lowest BCUT2D eigenvalue weighted by Gasteiger charge is -2.35. The SMILES string of the molecule is CCOC1(C(N)c2ccc(C(F)(F)F)c(F)c2)CCCC1. The molecule has 0 radical (unpaired) electrons. The Hall–Kier alpha value is -1.14. The van der Waals surface area contributed by atoms with E-state index in [1.54, 1.807) is 0 Å². The number of benzene rings is 1. The number of nitrogens with two attached hydrogens (primary N) is 1. The van der Waals surface area contributed by atoms with Gasteiger partial charge in [-0.1, -0.05) is 18.9 Å². The van der Waals surface area contributed by atoms with Crippen LogP contribution in [0.5, 0.6) is 0 Å². The molecule has 2 N–H and O–H groups in total. The molecular weight excluding hydrogens is 286 g/mol. The zero-order chi connectivity index (χ0) is 15.7. The lowest BCUT2D eigenvalue weighted by Crippen LogP contribution is -2.41. The van der Waals surface area contributed by atoms with Gasteiger partial charge < -0.3 is 10.5 Å². The van der Waals surface area contributed by atoms with Gasteiger partial charge in [0.2, 0.25) is 0 Å². The van der Waals surface area contributed by atoms with E-state index < -0.39 is 29.2 Å². The van der Waals surface area contributed by atoms with Crippen LogP contribution < -0.4 is 5.73 Å². The minimum atomic E-state index is -4.70. The largest absolute Gasteiger partial charge is 0.419 e. The highest BCUT2D eigenvalue weighted by Gasteiger charge is 2.42. The number of ether oxygens (including phenoxy) is 1. The van der Waals surface area contributed by atoms with Gasteiger partial charge in [0.1, 0.15) is 5.82 Å². The first-order valence-corrected chi connectivity index (χ1v) is 7.06. The van der Waals surface area contributed by atoms with Crippen LogP contribution in [0.15, 0.2) is 18.2 Å². The first-order valence-electron chi connectivity index (χ1n) is 7.06. The normalized spacial score (nSPS) is 19.7. The minimum absolute atomic E-state index is 0.343. The van der Waals surface area contributed by atoms with Crippen LogP contribution in [0, 0.1) is 5.82 Å². The van der Waals surface area contributed by atoms with Crippen molar-refractivity contribution in [2.24, 2.45) is 5.73 Å². The maximum atomic E-state index is 13.7. The van der Waals surface area contributed by atoms with Crippen molar-refractivity contribution >= 4 is 0 Å². The third-order valence-corrected chi connectivity index (χ3v) is 4.11. The summed E-state index contributed by atoms with van der Waals surface area (Å²) >= 11 is 0. The van der Waals surface area contributed by atoms with Gasteiger partial charge in [-0.3, -0.25) is 0 Å². The summed E-state index contributed by atoms with van der Waals surface area (Å²) < 4.78 is 57.2. The van der Waals surface area contributed by atoms with Gasteiger partial charge in [-0.25, -0.2) is 4.39 Å². The summed E-state index contributed by atoms with van der Waals surface area (Å²) in [6.07, 6.45) is -1.30. The molecule has 118 valence electrons. The fourth-order valence-corrected chi connectivity index (χ4v) is 3.06. The van der Waals surface area contributed by atoms with E-state index in [2.05, 4.69) is 0 Å². The molecule has 1 aliphatic carbocycles. The number of hydrogen-bond donors (Lipinski definition) is 1. The van der Waals surface area contributed by atoms with Crippen LogP contribution in [0.25, 0.3) is 0 Å². The van der Waals surface area contributed by atoms with Crippen LogP contribution >= 0.6 is 0 Å². The summed E-state index contributed by atoms with van der Waals surface area (Å²) in [5.74, 6) is -1.29. The number of halogens is 4. The average molecular weight is 305 g/mol. The van der Waals surface area contributed by atoms with E-state index in [1.165, 1.54) is 6.07 Å². The fraction of sp³-hybridized carbons (Fsp3) is 0.600. The second-order valence-electron chi connectivity index (χ2n) is 5.42. The second-order valence-corrected chi connectivity index (χ2v) is 5.42. The van der Waals surface area contributed by atoms with Gasteiger partial charge in [0.15, 0.2) is 0 Å². The summed E-state index contributed by atoms with van der Waals surface area (Å²) in [6, 6.07) is 2.25. The summed E-state index contributed by atoms with van der Waals surface area (Å²) in [4.78, 5) is 0. The third-order valence-electron chi connectivity index (χ3n) is 4.11. The van der Waals surface area contributed by atoms with Crippen molar-refractivity contribution in [3.63, 3.8) is 0 Å². The van der Waals surface area contributed by atoms with Gasteiger partial charge in [0.05, 0.1) is 17.2 Å². The Labute approximate surface area is 121 Å². The molecule has 1 aromatic carbocycles. The molecule has 0 saturated heterocycles. The van der Waals surface area contributed by atoms with E-state index in [0.29, 0.717) is 12.2 Å². The number of hydrogen-bond acceptors (Lipinski definition) is 2. The van der Waals surface area contributed by atoms with Crippen LogP contribution in [0.1, 0.15) is 49.8 Å². The van der Waals surface area contributed by atoms with Crippen molar-refractivity contribution < 1.29 is 22.3 Å². The Bertz CT molecular complexity index is 495. The standard InChI is InChI=1S/C15H19F4NO/c1-2-21-14(7-3-4-8-14)13(20)10-5-6-11(12(16)9-10)15(17,18)19/h5-6,9,13H,2-4,7-8,20H2,1H3. The van der Waals surface area contributed by atoms with Crippen molar-refractivity contribution in [3.05, 3.63) is 35.1 Å². The molecule has 1 unspecified atom stereocenters. The van der Waals surface area contributed by atoms with Crippen molar-refractivity contribution in [1.29, 1.82) is 0 Å². The Kier molecular flexibility index (Phi) is 4.58. The Morgan fingerprint density at radius 3 is 2.38 bits per heavy atom. The zero-order valence-electron chi connectivity index (χ0n) is 11.8. The highest BCUT2D eigenvalue weighted by atomic mass is 19.4. The van der Waals surface area contributed by atoms with Gasteiger partial charge in [-0.05, 0) is 37.5 Å². The van der Waals surface area contributed by atoms with Crippen molar-refractivity contribution in [2.75, 3.05) is 6.61 Å². The molecule has 2 rings (SSSR count).